The summed E-state index contributed by atoms with van der Waals surface area (Å²) >= 11 is 0. The minimum absolute atomic E-state index is 0.320. The first-order valence-electron chi connectivity index (χ1n) is 6.52. The fourth-order valence-corrected chi connectivity index (χ4v) is 3.88. The third kappa shape index (κ3) is 0.920. The Bertz CT molecular complexity index is 724. The Morgan fingerprint density at radius 1 is 0.947 bits per heavy atom. The topological polar surface area (TPSA) is 53.0 Å². The lowest BCUT2D eigenvalue weighted by atomic mass is 9.79. The highest BCUT2D eigenvalue weighted by Gasteiger charge is 2.70. The molecule has 2 aliphatic carbocycles. The SMILES string of the molecule is O[C@H]1[C@H](O)c2cccc3c2[C@]2(O[C@@H]12)c1ccccc1-3. The summed E-state index contributed by atoms with van der Waals surface area (Å²) < 4.78 is 5.89. The lowest BCUT2D eigenvalue weighted by Gasteiger charge is -2.26. The van der Waals surface area contributed by atoms with Gasteiger partial charge in [-0.1, -0.05) is 42.5 Å². The number of hydrogen-bond donors (Lipinski definition) is 2. The summed E-state index contributed by atoms with van der Waals surface area (Å²) in [5.41, 5.74) is 4.74. The molecule has 0 aromatic heterocycles. The number of aliphatic hydroxyl groups is 2. The number of benzene rings is 2. The van der Waals surface area contributed by atoms with Crippen LogP contribution < -0.4 is 0 Å². The third-order valence-electron chi connectivity index (χ3n) is 4.69. The summed E-state index contributed by atoms with van der Waals surface area (Å²) in [7, 11) is 0. The van der Waals surface area contributed by atoms with Crippen molar-refractivity contribution in [3.63, 3.8) is 0 Å². The van der Waals surface area contributed by atoms with Crippen LogP contribution in [0.2, 0.25) is 0 Å². The number of ether oxygens (including phenoxy) is 1. The molecule has 4 atom stereocenters. The molecule has 1 aliphatic heterocycles. The molecule has 0 radical (unpaired) electrons. The molecule has 3 heteroatoms. The van der Waals surface area contributed by atoms with Gasteiger partial charge in [-0.2, -0.15) is 0 Å². The van der Waals surface area contributed by atoms with E-state index in [1.807, 2.05) is 24.3 Å². The van der Waals surface area contributed by atoms with E-state index in [0.717, 1.165) is 27.8 Å². The average Bonchev–Trinajstić information content (AvgIpc) is 3.14. The summed E-state index contributed by atoms with van der Waals surface area (Å²) in [6, 6.07) is 14.0. The molecule has 1 saturated heterocycles. The largest absolute Gasteiger partial charge is 0.387 e. The number of hydrogen-bond acceptors (Lipinski definition) is 3. The van der Waals surface area contributed by atoms with E-state index < -0.39 is 17.8 Å². The summed E-state index contributed by atoms with van der Waals surface area (Å²) in [5.74, 6) is 0. The van der Waals surface area contributed by atoms with Crippen LogP contribution in [0.5, 0.6) is 0 Å². The lowest BCUT2D eigenvalue weighted by Crippen LogP contribution is -2.34. The molecule has 1 fully saturated rings. The van der Waals surface area contributed by atoms with E-state index in [-0.39, 0.29) is 6.10 Å². The van der Waals surface area contributed by atoms with Gasteiger partial charge in [0.2, 0.25) is 0 Å². The van der Waals surface area contributed by atoms with E-state index in [9.17, 15) is 10.2 Å². The van der Waals surface area contributed by atoms with Gasteiger partial charge in [0.15, 0.2) is 0 Å². The van der Waals surface area contributed by atoms with Crippen molar-refractivity contribution in [3.8, 4) is 11.1 Å². The normalized spacial score (nSPS) is 36.4. The van der Waals surface area contributed by atoms with Gasteiger partial charge in [-0.15, -0.1) is 0 Å². The summed E-state index contributed by atoms with van der Waals surface area (Å²) in [6.45, 7) is 0. The highest BCUT2D eigenvalue weighted by molar-refractivity contribution is 5.84. The standard InChI is InChI=1S/C16H12O3/c17-13-10-6-3-5-9-8-4-1-2-7-11(8)16(12(9)10)15(19-16)14(13)18/h1-7,13-15,17-18H/t13-,14+,15+,16-/m1/s1. The van der Waals surface area contributed by atoms with E-state index in [2.05, 4.69) is 18.2 Å². The highest BCUT2D eigenvalue weighted by atomic mass is 16.6. The van der Waals surface area contributed by atoms with Gasteiger partial charge >= 0.3 is 0 Å². The quantitative estimate of drug-likeness (QED) is 0.702. The van der Waals surface area contributed by atoms with Crippen LogP contribution in [0.4, 0.5) is 0 Å². The molecule has 0 saturated carbocycles. The fraction of sp³-hybridized carbons (Fsp3) is 0.250. The van der Waals surface area contributed by atoms with Gasteiger partial charge in [-0.25, -0.2) is 0 Å². The molecule has 2 aromatic rings. The number of fused-ring (bicyclic) bond motifs is 2. The molecule has 2 aromatic carbocycles. The van der Waals surface area contributed by atoms with Crippen molar-refractivity contribution < 1.29 is 14.9 Å². The Morgan fingerprint density at radius 2 is 1.74 bits per heavy atom. The Hall–Kier alpha value is -1.68. The van der Waals surface area contributed by atoms with Crippen molar-refractivity contribution in [2.75, 3.05) is 0 Å². The minimum Gasteiger partial charge on any atom is -0.387 e. The van der Waals surface area contributed by atoms with Crippen LogP contribution in [0.15, 0.2) is 42.5 Å². The van der Waals surface area contributed by atoms with Crippen LogP contribution in [-0.4, -0.2) is 22.4 Å². The predicted octanol–water partition coefficient (Wildman–Crippen LogP) is 1.72. The monoisotopic (exact) mass is 252 g/mol. The molecule has 19 heavy (non-hydrogen) atoms. The maximum Gasteiger partial charge on any atom is 0.149 e. The zero-order valence-electron chi connectivity index (χ0n) is 10.1. The van der Waals surface area contributed by atoms with Crippen LogP contribution in [0.3, 0.4) is 0 Å². The van der Waals surface area contributed by atoms with E-state index in [4.69, 9.17) is 4.74 Å². The van der Waals surface area contributed by atoms with Crippen LogP contribution >= 0.6 is 0 Å². The second-order valence-electron chi connectivity index (χ2n) is 5.52. The first kappa shape index (κ1) is 10.1. The molecule has 0 amide bonds. The van der Waals surface area contributed by atoms with Gasteiger partial charge in [-0.05, 0) is 22.3 Å². The van der Waals surface area contributed by atoms with Gasteiger partial charge in [0.25, 0.3) is 0 Å². The van der Waals surface area contributed by atoms with Gasteiger partial charge < -0.3 is 14.9 Å². The lowest BCUT2D eigenvalue weighted by molar-refractivity contribution is -0.000531. The Kier molecular flexibility index (Phi) is 1.55. The van der Waals surface area contributed by atoms with Gasteiger partial charge in [-0.3, -0.25) is 0 Å². The molecule has 3 nitrogen and oxygen atoms in total. The molecule has 0 bridgehead atoms. The van der Waals surface area contributed by atoms with Crippen LogP contribution in [0.1, 0.15) is 22.8 Å². The fourth-order valence-electron chi connectivity index (χ4n) is 3.88. The van der Waals surface area contributed by atoms with Crippen LogP contribution in [-0.2, 0) is 10.3 Å². The number of epoxide rings is 1. The molecule has 1 spiro atoms. The average molecular weight is 252 g/mol. The van der Waals surface area contributed by atoms with E-state index >= 15 is 0 Å². The first-order valence-corrected chi connectivity index (χ1v) is 6.52. The van der Waals surface area contributed by atoms with E-state index in [0.29, 0.717) is 0 Å². The Balaban J connectivity index is 1.94. The Morgan fingerprint density at radius 3 is 2.63 bits per heavy atom. The molecule has 0 unspecified atom stereocenters. The van der Waals surface area contributed by atoms with E-state index in [1.165, 1.54) is 0 Å². The summed E-state index contributed by atoms with van der Waals surface area (Å²) in [5, 5.41) is 20.4. The molecular formula is C16H12O3. The van der Waals surface area contributed by atoms with Crippen molar-refractivity contribution in [3.05, 3.63) is 59.2 Å². The third-order valence-corrected chi connectivity index (χ3v) is 4.69. The van der Waals surface area contributed by atoms with Crippen molar-refractivity contribution in [2.45, 2.75) is 23.9 Å². The van der Waals surface area contributed by atoms with Crippen molar-refractivity contribution in [1.29, 1.82) is 0 Å². The van der Waals surface area contributed by atoms with E-state index in [1.54, 1.807) is 0 Å². The van der Waals surface area contributed by atoms with Crippen LogP contribution in [0.25, 0.3) is 11.1 Å². The molecule has 5 rings (SSSR count). The maximum atomic E-state index is 10.2. The summed E-state index contributed by atoms with van der Waals surface area (Å²) in [6.07, 6.45) is -2.03. The molecule has 3 aliphatic rings. The van der Waals surface area contributed by atoms with Crippen LogP contribution in [0, 0.1) is 0 Å². The predicted molar refractivity (Wildman–Crippen MR) is 68.5 cm³/mol. The molecule has 2 N–H and O–H groups in total. The minimum atomic E-state index is -0.857. The zero-order chi connectivity index (χ0) is 12.8. The Labute approximate surface area is 110 Å². The van der Waals surface area contributed by atoms with Crippen molar-refractivity contribution >= 4 is 0 Å². The highest BCUT2D eigenvalue weighted by Crippen LogP contribution is 2.66. The van der Waals surface area contributed by atoms with Gasteiger partial charge in [0.1, 0.15) is 23.9 Å². The second kappa shape index (κ2) is 2.90. The van der Waals surface area contributed by atoms with Crippen molar-refractivity contribution in [2.24, 2.45) is 0 Å². The zero-order valence-corrected chi connectivity index (χ0v) is 10.1. The maximum absolute atomic E-state index is 10.2. The molecule has 1 heterocycles. The second-order valence-corrected chi connectivity index (χ2v) is 5.52. The van der Waals surface area contributed by atoms with Crippen molar-refractivity contribution in [1.82, 2.24) is 0 Å². The smallest absolute Gasteiger partial charge is 0.149 e. The summed E-state index contributed by atoms with van der Waals surface area (Å²) in [4.78, 5) is 0. The molecular weight excluding hydrogens is 240 g/mol. The van der Waals surface area contributed by atoms with Gasteiger partial charge in [0, 0.05) is 5.56 Å². The first-order chi connectivity index (χ1) is 9.25. The molecule has 94 valence electrons. The number of aliphatic hydroxyl groups excluding tert-OH is 2. The van der Waals surface area contributed by atoms with Gasteiger partial charge in [0.05, 0.1) is 0 Å². The number of rotatable bonds is 0.